The van der Waals surface area contributed by atoms with Gasteiger partial charge in [-0.05, 0) is 36.7 Å². The van der Waals surface area contributed by atoms with Gasteiger partial charge in [0.2, 0.25) is 5.71 Å². The zero-order valence-electron chi connectivity index (χ0n) is 16.8. The summed E-state index contributed by atoms with van der Waals surface area (Å²) >= 11 is 0. The first-order chi connectivity index (χ1) is 14.0. The van der Waals surface area contributed by atoms with Crippen molar-refractivity contribution in [3.8, 4) is 22.4 Å². The van der Waals surface area contributed by atoms with Crippen molar-refractivity contribution in [3.63, 3.8) is 0 Å². The van der Waals surface area contributed by atoms with Crippen molar-refractivity contribution >= 4 is 22.1 Å². The summed E-state index contributed by atoms with van der Waals surface area (Å²) in [7, 11) is 0. The van der Waals surface area contributed by atoms with Crippen LogP contribution in [0, 0.1) is 6.85 Å². The number of hydrogen-bond donors (Lipinski definition) is 0. The molecule has 3 heterocycles. The lowest BCUT2D eigenvalue weighted by molar-refractivity contribution is 0.653. The van der Waals surface area contributed by atoms with Gasteiger partial charge in [0.15, 0.2) is 0 Å². The van der Waals surface area contributed by atoms with E-state index >= 15 is 0 Å². The van der Waals surface area contributed by atoms with Gasteiger partial charge in [-0.2, -0.15) is 0 Å². The van der Waals surface area contributed by atoms with Gasteiger partial charge >= 0.3 is 0 Å². The second-order valence-corrected chi connectivity index (χ2v) is 6.13. The fourth-order valence-corrected chi connectivity index (χ4v) is 3.24. The minimum Gasteiger partial charge on any atom is -0.437 e. The van der Waals surface area contributed by atoms with Gasteiger partial charge < -0.3 is 4.42 Å². The zero-order chi connectivity index (χ0) is 20.0. The summed E-state index contributed by atoms with van der Waals surface area (Å²) in [5, 5.41) is 1.67. The molecule has 0 unspecified atom stereocenters. The first-order valence-corrected chi connectivity index (χ1v) is 8.35. The van der Waals surface area contributed by atoms with Crippen molar-refractivity contribution in [3.05, 3.63) is 84.7 Å². The zero-order valence-corrected chi connectivity index (χ0v) is 13.8. The second-order valence-electron chi connectivity index (χ2n) is 6.13. The Morgan fingerprint density at radius 3 is 2.54 bits per heavy atom. The molecule has 0 atom stereocenters. The van der Waals surface area contributed by atoms with Gasteiger partial charge in [0.25, 0.3) is 0 Å². The summed E-state index contributed by atoms with van der Waals surface area (Å²) in [4.78, 5) is 8.85. The van der Waals surface area contributed by atoms with E-state index in [4.69, 9.17) is 8.53 Å². The lowest BCUT2D eigenvalue weighted by Gasteiger charge is -2.04. The number of benzene rings is 2. The van der Waals surface area contributed by atoms with E-state index in [2.05, 4.69) is 9.97 Å². The monoisotopic (exact) mass is 339 g/mol. The van der Waals surface area contributed by atoms with Crippen LogP contribution in [0.1, 0.15) is 9.81 Å². The molecule has 0 fully saturated rings. The lowest BCUT2D eigenvalue weighted by Crippen LogP contribution is -1.85. The largest absolute Gasteiger partial charge is 0.437 e. The number of pyridine rings is 2. The van der Waals surface area contributed by atoms with E-state index in [9.17, 15) is 0 Å². The Hall–Kier alpha value is -3.46. The van der Waals surface area contributed by atoms with Gasteiger partial charge in [0, 0.05) is 37.9 Å². The van der Waals surface area contributed by atoms with Gasteiger partial charge in [0.05, 0.1) is 5.69 Å². The number of furan rings is 1. The highest BCUT2D eigenvalue weighted by Crippen LogP contribution is 2.34. The maximum absolute atomic E-state index is 7.57. The number of rotatable bonds is 2. The summed E-state index contributed by atoms with van der Waals surface area (Å²) < 4.78 is 28.7. The average molecular weight is 339 g/mol. The Morgan fingerprint density at radius 1 is 0.808 bits per heavy atom. The van der Waals surface area contributed by atoms with Crippen LogP contribution in [0.5, 0.6) is 0 Å². The van der Waals surface area contributed by atoms with Crippen LogP contribution in [-0.2, 0) is 0 Å². The maximum Gasteiger partial charge on any atom is 0.227 e. The second kappa shape index (κ2) is 5.81. The standard InChI is InChI=1S/C23H16N2O/c1-15-10-12-19-18-8-5-9-20(22(18)26-23(19)25-15)21-13-11-17(14-24-21)16-6-3-2-4-7-16/h2-14H,1H3/i1D3. The molecule has 0 bridgehead atoms. The van der Waals surface area contributed by atoms with Gasteiger partial charge in [-0.25, -0.2) is 4.98 Å². The fraction of sp³-hybridized carbons (Fsp3) is 0.0435. The number of para-hydroxylation sites is 1. The molecule has 0 saturated carbocycles. The van der Waals surface area contributed by atoms with Crippen LogP contribution in [0.15, 0.2) is 83.4 Å². The predicted octanol–water partition coefficient (Wildman–Crippen LogP) is 6.02. The highest BCUT2D eigenvalue weighted by molar-refractivity contribution is 6.08. The molecule has 0 N–H and O–H groups in total. The Labute approximate surface area is 155 Å². The molecule has 0 spiro atoms. The van der Waals surface area contributed by atoms with Crippen LogP contribution < -0.4 is 0 Å². The maximum atomic E-state index is 7.57. The molecule has 5 aromatic rings. The molecule has 26 heavy (non-hydrogen) atoms. The van der Waals surface area contributed by atoms with Crippen molar-refractivity contribution < 1.29 is 8.53 Å². The van der Waals surface area contributed by atoms with Gasteiger partial charge in [-0.3, -0.25) is 4.98 Å². The number of aryl methyl sites for hydroxylation is 1. The molecule has 124 valence electrons. The molecule has 0 radical (unpaired) electrons. The van der Waals surface area contributed by atoms with E-state index in [-0.39, 0.29) is 5.69 Å². The molecule has 3 nitrogen and oxygen atoms in total. The van der Waals surface area contributed by atoms with Crippen molar-refractivity contribution in [1.82, 2.24) is 9.97 Å². The number of hydrogen-bond acceptors (Lipinski definition) is 3. The third kappa shape index (κ3) is 2.37. The molecule has 0 saturated heterocycles. The van der Waals surface area contributed by atoms with Gasteiger partial charge in [0.1, 0.15) is 5.58 Å². The topological polar surface area (TPSA) is 38.9 Å². The van der Waals surface area contributed by atoms with E-state index < -0.39 is 6.85 Å². The number of fused-ring (bicyclic) bond motifs is 3. The van der Waals surface area contributed by atoms with Crippen molar-refractivity contribution in [2.45, 2.75) is 6.85 Å². The van der Waals surface area contributed by atoms with Crippen molar-refractivity contribution in [2.75, 3.05) is 0 Å². The summed E-state index contributed by atoms with van der Waals surface area (Å²) in [6.45, 7) is -2.27. The van der Waals surface area contributed by atoms with Crippen LogP contribution >= 0.6 is 0 Å². The number of aromatic nitrogens is 2. The quantitative estimate of drug-likeness (QED) is 0.395. The Balaban J connectivity index is 1.63. The summed E-state index contributed by atoms with van der Waals surface area (Å²) in [6.07, 6.45) is 1.84. The minimum atomic E-state index is -2.27. The van der Waals surface area contributed by atoms with E-state index in [1.54, 1.807) is 6.07 Å². The SMILES string of the molecule is [2H]C([2H])([2H])c1ccc2c(n1)oc1c(-c3ccc(-c4ccccc4)cn3)cccc12. The Bertz CT molecular complexity index is 1320. The van der Waals surface area contributed by atoms with Gasteiger partial charge in [-0.1, -0.05) is 48.5 Å². The van der Waals surface area contributed by atoms with E-state index in [0.717, 1.165) is 33.2 Å². The van der Waals surface area contributed by atoms with E-state index in [1.165, 1.54) is 6.07 Å². The number of nitrogens with zero attached hydrogens (tertiary/aromatic N) is 2. The van der Waals surface area contributed by atoms with E-state index in [1.807, 2.05) is 66.9 Å². The van der Waals surface area contributed by atoms with Gasteiger partial charge in [-0.15, -0.1) is 0 Å². The molecule has 0 aliphatic heterocycles. The fourth-order valence-electron chi connectivity index (χ4n) is 3.24. The molecule has 0 amide bonds. The molecule has 5 rings (SSSR count). The highest BCUT2D eigenvalue weighted by atomic mass is 16.3. The molecule has 2 aromatic carbocycles. The molecule has 0 aliphatic carbocycles. The van der Waals surface area contributed by atoms with Crippen LogP contribution in [0.2, 0.25) is 0 Å². The van der Waals surface area contributed by atoms with Crippen LogP contribution in [0.4, 0.5) is 0 Å². The summed E-state index contributed by atoms with van der Waals surface area (Å²) in [5.74, 6) is 0. The minimum absolute atomic E-state index is 0.0240. The molecule has 3 aromatic heterocycles. The molecular formula is C23H16N2O. The third-order valence-electron chi connectivity index (χ3n) is 4.51. The van der Waals surface area contributed by atoms with E-state index in [0.29, 0.717) is 11.3 Å². The average Bonchev–Trinajstić information content (AvgIpc) is 3.12. The highest BCUT2D eigenvalue weighted by Gasteiger charge is 2.13. The molecular weight excluding hydrogens is 320 g/mol. The summed E-state index contributed by atoms with van der Waals surface area (Å²) in [5.41, 5.74) is 4.77. The first kappa shape index (κ1) is 12.0. The van der Waals surface area contributed by atoms with Crippen molar-refractivity contribution in [2.24, 2.45) is 0 Å². The van der Waals surface area contributed by atoms with Crippen LogP contribution in [0.25, 0.3) is 44.5 Å². The lowest BCUT2D eigenvalue weighted by atomic mass is 10.0. The van der Waals surface area contributed by atoms with Crippen LogP contribution in [-0.4, -0.2) is 9.97 Å². The predicted molar refractivity (Wildman–Crippen MR) is 105 cm³/mol. The molecule has 0 aliphatic rings. The Morgan fingerprint density at radius 2 is 1.73 bits per heavy atom. The Kier molecular flexibility index (Phi) is 2.68. The molecule has 3 heteroatoms. The third-order valence-corrected chi connectivity index (χ3v) is 4.51. The summed E-state index contributed by atoms with van der Waals surface area (Å²) in [6, 6.07) is 23.2. The normalized spacial score (nSPS) is 13.5. The van der Waals surface area contributed by atoms with Crippen molar-refractivity contribution in [1.29, 1.82) is 0 Å². The smallest absolute Gasteiger partial charge is 0.227 e. The first-order valence-electron chi connectivity index (χ1n) is 9.85. The van der Waals surface area contributed by atoms with Crippen LogP contribution in [0.3, 0.4) is 0 Å².